The van der Waals surface area contributed by atoms with Crippen LogP contribution in [0.3, 0.4) is 0 Å². The average molecular weight is 710 g/mol. The molecule has 0 atom stereocenters. The number of piperazine rings is 1. The fourth-order valence-corrected chi connectivity index (χ4v) is 5.79. The first kappa shape index (κ1) is 35.0. The molecule has 0 bridgehead atoms. The summed E-state index contributed by atoms with van der Waals surface area (Å²) < 4.78 is 12.7. The van der Waals surface area contributed by atoms with E-state index in [1.165, 1.54) is 11.3 Å². The Bertz CT molecular complexity index is 1370. The number of thioether (sulfide) groups is 1. The van der Waals surface area contributed by atoms with Crippen LogP contribution < -0.4 is 14.4 Å². The zero-order valence-electron chi connectivity index (χ0n) is 23.9. The number of rotatable bonds is 11. The Morgan fingerprint density at radius 3 is 2.05 bits per heavy atom. The predicted molar refractivity (Wildman–Crippen MR) is 183 cm³/mol. The minimum atomic E-state index is -0.329. The van der Waals surface area contributed by atoms with Gasteiger partial charge in [0, 0.05) is 30.7 Å². The number of anilines is 1. The van der Waals surface area contributed by atoms with Crippen molar-refractivity contribution in [1.82, 2.24) is 9.80 Å². The highest BCUT2D eigenvalue weighted by molar-refractivity contribution is 9.10. The van der Waals surface area contributed by atoms with Crippen molar-refractivity contribution in [3.8, 4) is 17.2 Å². The molecule has 11 heteroatoms. The van der Waals surface area contributed by atoms with Gasteiger partial charge in [-0.25, -0.2) is 4.90 Å². The number of carbonyl (C=O) groups excluding carboxylic acids is 2. The lowest BCUT2D eigenvalue weighted by molar-refractivity contribution is -0.113. The first-order valence-electron chi connectivity index (χ1n) is 13.9. The average Bonchev–Trinajstić information content (AvgIpc) is 3.26. The smallest absolute Gasteiger partial charge is 0.298 e. The van der Waals surface area contributed by atoms with Crippen molar-refractivity contribution in [3.63, 3.8) is 0 Å². The topological polar surface area (TPSA) is 62.3 Å². The van der Waals surface area contributed by atoms with Crippen LogP contribution in [-0.2, 0) is 4.79 Å². The Balaban J connectivity index is 0.00000253. The lowest BCUT2D eigenvalue weighted by Crippen LogP contribution is -2.44. The molecular formula is C32H36BrCl2N3O4S. The van der Waals surface area contributed by atoms with E-state index in [1.54, 1.807) is 18.2 Å². The van der Waals surface area contributed by atoms with Gasteiger partial charge < -0.3 is 19.3 Å². The molecule has 0 aromatic heterocycles. The Hall–Kier alpha value is -2.53. The highest BCUT2D eigenvalue weighted by atomic mass is 79.9. The quantitative estimate of drug-likeness (QED) is 0.147. The van der Waals surface area contributed by atoms with Gasteiger partial charge in [-0.05, 0) is 117 Å². The molecule has 2 aliphatic heterocycles. The highest BCUT2D eigenvalue weighted by Gasteiger charge is 2.36. The number of unbranched alkanes of at least 4 members (excludes halogenated alkanes) is 2. The number of hydrogen-bond donors (Lipinski definition) is 0. The van der Waals surface area contributed by atoms with Crippen molar-refractivity contribution in [2.45, 2.75) is 19.3 Å². The van der Waals surface area contributed by atoms with Crippen LogP contribution in [0.15, 0.2) is 82.2 Å². The standard InChI is InChI=1S/C32H34BrN3O4S.2ClH/c1-34-18-20-35(21-19-34)17-3-2-4-22-39-27-15-9-26(10-16-27)36-31(37)30(41-32(36)38)23-24-5-11-28(12-6-24)40-29-13-7-25(33)8-14-29;;/h5-16,23H,2-4,17-22H2,1H3;2*1H. The van der Waals surface area contributed by atoms with E-state index in [9.17, 15) is 9.59 Å². The van der Waals surface area contributed by atoms with Crippen LogP contribution in [0.1, 0.15) is 24.8 Å². The van der Waals surface area contributed by atoms with E-state index < -0.39 is 0 Å². The van der Waals surface area contributed by atoms with Gasteiger partial charge >= 0.3 is 0 Å². The van der Waals surface area contributed by atoms with Crippen LogP contribution >= 0.6 is 52.5 Å². The van der Waals surface area contributed by atoms with Gasteiger partial charge in [0.15, 0.2) is 0 Å². The SMILES string of the molecule is CN1CCN(CCCCCOc2ccc(N3C(=O)SC(=Cc4ccc(Oc5ccc(Br)cc5)cc4)C3=O)cc2)CC1.Cl.Cl. The molecule has 2 heterocycles. The number of hydrogen-bond acceptors (Lipinski definition) is 7. The number of imide groups is 1. The summed E-state index contributed by atoms with van der Waals surface area (Å²) in [5.74, 6) is 1.82. The van der Waals surface area contributed by atoms with Crippen molar-refractivity contribution in [2.24, 2.45) is 0 Å². The molecule has 43 heavy (non-hydrogen) atoms. The molecule has 230 valence electrons. The molecule has 3 aromatic carbocycles. The summed E-state index contributed by atoms with van der Waals surface area (Å²) in [5, 5.41) is -0.314. The molecule has 5 rings (SSSR count). The van der Waals surface area contributed by atoms with E-state index in [0.29, 0.717) is 22.9 Å². The third-order valence-electron chi connectivity index (χ3n) is 7.10. The van der Waals surface area contributed by atoms with E-state index >= 15 is 0 Å². The number of ether oxygens (including phenoxy) is 2. The Labute approximate surface area is 278 Å². The van der Waals surface area contributed by atoms with E-state index in [-0.39, 0.29) is 36.0 Å². The van der Waals surface area contributed by atoms with E-state index in [2.05, 4.69) is 32.8 Å². The third-order valence-corrected chi connectivity index (χ3v) is 8.50. The van der Waals surface area contributed by atoms with Gasteiger partial charge in [0.25, 0.3) is 11.1 Å². The van der Waals surface area contributed by atoms with Gasteiger partial charge in [-0.1, -0.05) is 28.1 Å². The van der Waals surface area contributed by atoms with Crippen LogP contribution in [0.5, 0.6) is 17.2 Å². The lowest BCUT2D eigenvalue weighted by atomic mass is 10.2. The molecule has 0 spiro atoms. The highest BCUT2D eigenvalue weighted by Crippen LogP contribution is 2.36. The van der Waals surface area contributed by atoms with E-state index in [4.69, 9.17) is 9.47 Å². The van der Waals surface area contributed by atoms with Crippen LogP contribution in [0.25, 0.3) is 6.08 Å². The molecule has 0 aliphatic carbocycles. The summed E-state index contributed by atoms with van der Waals surface area (Å²) in [5.41, 5.74) is 1.35. The van der Waals surface area contributed by atoms with Gasteiger partial charge in [0.2, 0.25) is 0 Å². The molecule has 0 N–H and O–H groups in total. The second-order valence-corrected chi connectivity index (χ2v) is 12.1. The van der Waals surface area contributed by atoms with Gasteiger partial charge in [-0.15, -0.1) is 24.8 Å². The zero-order chi connectivity index (χ0) is 28.6. The second-order valence-electron chi connectivity index (χ2n) is 10.2. The first-order chi connectivity index (χ1) is 19.9. The Kier molecular flexibility index (Phi) is 13.9. The summed E-state index contributed by atoms with van der Waals surface area (Å²) in [6.07, 6.45) is 5.05. The zero-order valence-corrected chi connectivity index (χ0v) is 28.0. The van der Waals surface area contributed by atoms with Gasteiger partial charge in [-0.3, -0.25) is 9.59 Å². The molecule has 0 unspecified atom stereocenters. The number of halogens is 3. The van der Waals surface area contributed by atoms with Gasteiger partial charge in [0.05, 0.1) is 17.2 Å². The first-order valence-corrected chi connectivity index (χ1v) is 15.5. The Morgan fingerprint density at radius 2 is 1.40 bits per heavy atom. The molecule has 2 amide bonds. The maximum Gasteiger partial charge on any atom is 0.298 e. The van der Waals surface area contributed by atoms with Crippen molar-refractivity contribution >= 4 is 75.4 Å². The second kappa shape index (κ2) is 17.1. The van der Waals surface area contributed by atoms with Crippen LogP contribution in [-0.4, -0.2) is 67.3 Å². The fourth-order valence-electron chi connectivity index (χ4n) is 4.68. The van der Waals surface area contributed by atoms with E-state index in [1.807, 2.05) is 60.7 Å². The minimum absolute atomic E-state index is 0. The van der Waals surface area contributed by atoms with Gasteiger partial charge in [-0.2, -0.15) is 0 Å². The molecule has 2 saturated heterocycles. The summed E-state index contributed by atoms with van der Waals surface area (Å²) in [4.78, 5) is 32.3. The number of nitrogens with zero attached hydrogens (tertiary/aromatic N) is 3. The number of carbonyl (C=O) groups is 2. The van der Waals surface area contributed by atoms with Crippen LogP contribution in [0.2, 0.25) is 0 Å². The monoisotopic (exact) mass is 707 g/mol. The Morgan fingerprint density at radius 1 is 0.791 bits per heavy atom. The van der Waals surface area contributed by atoms with Crippen molar-refractivity contribution in [1.29, 1.82) is 0 Å². The summed E-state index contributed by atoms with van der Waals surface area (Å²) in [6, 6.07) is 22.1. The summed E-state index contributed by atoms with van der Waals surface area (Å²) in [6.45, 7) is 6.44. The maximum atomic E-state index is 13.1. The number of amides is 2. The summed E-state index contributed by atoms with van der Waals surface area (Å²) in [7, 11) is 2.18. The number of benzene rings is 3. The maximum absolute atomic E-state index is 13.1. The molecule has 0 saturated carbocycles. The molecule has 7 nitrogen and oxygen atoms in total. The number of likely N-dealkylation sites (N-methyl/N-ethyl adjacent to an activating group) is 1. The largest absolute Gasteiger partial charge is 0.494 e. The van der Waals surface area contributed by atoms with Crippen LogP contribution in [0.4, 0.5) is 10.5 Å². The van der Waals surface area contributed by atoms with Crippen molar-refractivity contribution in [3.05, 3.63) is 87.7 Å². The third kappa shape index (κ3) is 9.99. The fraction of sp³-hybridized carbons (Fsp3) is 0.312. The minimum Gasteiger partial charge on any atom is -0.494 e. The molecule has 2 fully saturated rings. The predicted octanol–water partition coefficient (Wildman–Crippen LogP) is 8.12. The molecule has 2 aliphatic rings. The van der Waals surface area contributed by atoms with E-state index in [0.717, 1.165) is 78.9 Å². The van der Waals surface area contributed by atoms with Crippen molar-refractivity contribution < 1.29 is 19.1 Å². The summed E-state index contributed by atoms with van der Waals surface area (Å²) >= 11 is 4.35. The molecular weight excluding hydrogens is 673 g/mol. The molecule has 3 aromatic rings. The van der Waals surface area contributed by atoms with Gasteiger partial charge in [0.1, 0.15) is 17.2 Å². The lowest BCUT2D eigenvalue weighted by Gasteiger charge is -2.32. The molecule has 0 radical (unpaired) electrons. The normalized spacial score (nSPS) is 16.6. The van der Waals surface area contributed by atoms with Crippen LogP contribution in [0, 0.1) is 0 Å². The van der Waals surface area contributed by atoms with Crippen molar-refractivity contribution in [2.75, 3.05) is 51.3 Å².